The molecule has 1 aromatic carbocycles. The summed E-state index contributed by atoms with van der Waals surface area (Å²) in [7, 11) is 1.50. The van der Waals surface area contributed by atoms with E-state index in [0.717, 1.165) is 44.9 Å². The molecule has 3 aliphatic rings. The molecule has 0 aromatic heterocycles. The first kappa shape index (κ1) is 26.3. The SMILES string of the molecule is COc1cc(C#N)c(OC2CCC(C)CC2)cc1C(=O)N[C@@H]1[C@H]2CC[C@H](C2)[C@@H]1C(=O)NCC(C)(C)C. The van der Waals surface area contributed by atoms with Crippen LogP contribution in [0.1, 0.15) is 88.6 Å². The number of methoxy groups -OCH3 is 1. The van der Waals surface area contributed by atoms with Crippen molar-refractivity contribution in [3.8, 4) is 17.6 Å². The molecular weight excluding hydrogens is 454 g/mol. The van der Waals surface area contributed by atoms with Gasteiger partial charge in [-0.05, 0) is 74.2 Å². The quantitative estimate of drug-likeness (QED) is 0.564. The van der Waals surface area contributed by atoms with Gasteiger partial charge in [0, 0.05) is 18.7 Å². The Kier molecular flexibility index (Phi) is 7.82. The van der Waals surface area contributed by atoms with Gasteiger partial charge in [0.1, 0.15) is 17.6 Å². The molecule has 0 saturated heterocycles. The van der Waals surface area contributed by atoms with Crippen LogP contribution in [-0.2, 0) is 4.79 Å². The zero-order valence-corrected chi connectivity index (χ0v) is 22.4. The molecule has 36 heavy (non-hydrogen) atoms. The molecule has 0 heterocycles. The van der Waals surface area contributed by atoms with Crippen LogP contribution in [0.5, 0.6) is 11.5 Å². The molecule has 3 aliphatic carbocycles. The van der Waals surface area contributed by atoms with Crippen molar-refractivity contribution in [1.82, 2.24) is 10.6 Å². The zero-order chi connectivity index (χ0) is 26.0. The van der Waals surface area contributed by atoms with Crippen molar-refractivity contribution in [3.63, 3.8) is 0 Å². The van der Waals surface area contributed by atoms with Crippen molar-refractivity contribution in [2.45, 2.75) is 84.8 Å². The van der Waals surface area contributed by atoms with Crippen molar-refractivity contribution in [2.75, 3.05) is 13.7 Å². The third-order valence-corrected chi connectivity index (χ3v) is 8.23. The Morgan fingerprint density at radius 1 is 1.06 bits per heavy atom. The number of carbonyl (C=O) groups is 2. The van der Waals surface area contributed by atoms with Crippen LogP contribution in [0.2, 0.25) is 0 Å². The number of nitrogens with zero attached hydrogens (tertiary/aromatic N) is 1. The number of nitriles is 1. The number of amides is 2. The minimum atomic E-state index is -0.287. The van der Waals surface area contributed by atoms with Crippen LogP contribution in [0.15, 0.2) is 12.1 Å². The maximum absolute atomic E-state index is 13.6. The molecule has 2 bridgehead atoms. The Balaban J connectivity index is 1.53. The molecule has 0 spiro atoms. The molecule has 0 aliphatic heterocycles. The summed E-state index contributed by atoms with van der Waals surface area (Å²) in [5.41, 5.74) is 0.697. The minimum Gasteiger partial charge on any atom is -0.496 e. The monoisotopic (exact) mass is 495 g/mol. The fourth-order valence-electron chi connectivity index (χ4n) is 6.19. The summed E-state index contributed by atoms with van der Waals surface area (Å²) in [4.78, 5) is 26.7. The molecule has 1 aromatic rings. The second-order valence-corrected chi connectivity index (χ2v) is 12.3. The Morgan fingerprint density at radius 2 is 1.75 bits per heavy atom. The van der Waals surface area contributed by atoms with E-state index in [-0.39, 0.29) is 35.3 Å². The van der Waals surface area contributed by atoms with Crippen molar-refractivity contribution >= 4 is 11.8 Å². The first-order valence-electron chi connectivity index (χ1n) is 13.5. The summed E-state index contributed by atoms with van der Waals surface area (Å²) in [5, 5.41) is 16.0. The molecule has 2 N–H and O–H groups in total. The van der Waals surface area contributed by atoms with Crippen LogP contribution in [0.25, 0.3) is 0 Å². The molecule has 196 valence electrons. The normalized spacial score (nSPS) is 29.3. The van der Waals surface area contributed by atoms with Gasteiger partial charge in [0.2, 0.25) is 5.91 Å². The number of benzene rings is 1. The molecule has 3 saturated carbocycles. The van der Waals surface area contributed by atoms with Gasteiger partial charge in [0.15, 0.2) is 0 Å². The molecule has 7 heteroatoms. The summed E-state index contributed by atoms with van der Waals surface area (Å²) >= 11 is 0. The molecular formula is C29H41N3O4. The van der Waals surface area contributed by atoms with Crippen molar-refractivity contribution < 1.29 is 19.1 Å². The summed E-state index contributed by atoms with van der Waals surface area (Å²) < 4.78 is 11.7. The zero-order valence-electron chi connectivity index (χ0n) is 22.4. The molecule has 0 unspecified atom stereocenters. The number of hydrogen-bond donors (Lipinski definition) is 2. The van der Waals surface area contributed by atoms with Crippen LogP contribution in [0, 0.1) is 40.4 Å². The van der Waals surface area contributed by atoms with E-state index in [9.17, 15) is 14.9 Å². The van der Waals surface area contributed by atoms with Gasteiger partial charge in [0.05, 0.1) is 30.3 Å². The third-order valence-electron chi connectivity index (χ3n) is 8.23. The van der Waals surface area contributed by atoms with Crippen LogP contribution in [0.4, 0.5) is 0 Å². The highest BCUT2D eigenvalue weighted by Gasteiger charge is 2.51. The Labute approximate surface area is 215 Å². The van der Waals surface area contributed by atoms with Crippen molar-refractivity contribution in [2.24, 2.45) is 29.1 Å². The van der Waals surface area contributed by atoms with Gasteiger partial charge in [-0.2, -0.15) is 5.26 Å². The lowest BCUT2D eigenvalue weighted by Crippen LogP contribution is -2.50. The smallest absolute Gasteiger partial charge is 0.255 e. The number of rotatable bonds is 7. The predicted octanol–water partition coefficient (Wildman–Crippen LogP) is 4.83. The largest absolute Gasteiger partial charge is 0.496 e. The van der Waals surface area contributed by atoms with E-state index in [4.69, 9.17) is 9.47 Å². The van der Waals surface area contributed by atoms with Crippen molar-refractivity contribution in [1.29, 1.82) is 5.26 Å². The van der Waals surface area contributed by atoms with E-state index in [2.05, 4.69) is 44.4 Å². The summed E-state index contributed by atoms with van der Waals surface area (Å²) in [6.07, 6.45) is 7.14. The first-order valence-corrected chi connectivity index (χ1v) is 13.5. The topological polar surface area (TPSA) is 100 Å². The molecule has 4 rings (SSSR count). The van der Waals surface area contributed by atoms with E-state index in [1.165, 1.54) is 7.11 Å². The lowest BCUT2D eigenvalue weighted by molar-refractivity contribution is -0.127. The van der Waals surface area contributed by atoms with E-state index in [0.29, 0.717) is 46.9 Å². The lowest BCUT2D eigenvalue weighted by atomic mass is 9.83. The Hall–Kier alpha value is -2.75. The Bertz CT molecular complexity index is 1020. The average molecular weight is 496 g/mol. The number of fused-ring (bicyclic) bond motifs is 2. The van der Waals surface area contributed by atoms with Gasteiger partial charge in [-0.1, -0.05) is 27.7 Å². The average Bonchev–Trinajstić information content (AvgIpc) is 3.45. The van der Waals surface area contributed by atoms with Gasteiger partial charge < -0.3 is 20.1 Å². The van der Waals surface area contributed by atoms with Gasteiger partial charge in [-0.15, -0.1) is 0 Å². The Morgan fingerprint density at radius 3 is 2.39 bits per heavy atom. The fraction of sp³-hybridized carbons (Fsp3) is 0.690. The second-order valence-electron chi connectivity index (χ2n) is 12.3. The predicted molar refractivity (Wildman–Crippen MR) is 138 cm³/mol. The lowest BCUT2D eigenvalue weighted by Gasteiger charge is -2.32. The van der Waals surface area contributed by atoms with Gasteiger partial charge in [-0.3, -0.25) is 9.59 Å². The van der Waals surface area contributed by atoms with E-state index >= 15 is 0 Å². The van der Waals surface area contributed by atoms with Crippen LogP contribution < -0.4 is 20.1 Å². The van der Waals surface area contributed by atoms with Crippen LogP contribution >= 0.6 is 0 Å². The summed E-state index contributed by atoms with van der Waals surface area (Å²) in [6.45, 7) is 9.14. The number of ether oxygens (including phenoxy) is 2. The first-order chi connectivity index (χ1) is 17.1. The maximum atomic E-state index is 13.6. The summed E-state index contributed by atoms with van der Waals surface area (Å²) in [5.74, 6) is 1.58. The number of carbonyl (C=O) groups excluding carboxylic acids is 2. The number of nitrogens with one attached hydrogen (secondary N) is 2. The van der Waals surface area contributed by atoms with Gasteiger partial charge in [-0.25, -0.2) is 0 Å². The molecule has 2 amide bonds. The van der Waals surface area contributed by atoms with Gasteiger partial charge >= 0.3 is 0 Å². The standard InChI is InChI=1S/C29H41N3O4/c1-17-6-10-21(11-7-17)36-23-14-22(24(35-5)13-20(23)15-30)27(33)32-26-19-9-8-18(12-19)25(26)28(34)31-16-29(2,3)4/h13-14,17-19,21,25-26H,6-12,16H2,1-5H3,(H,31,34)(H,32,33)/t17?,18-,19+,21?,25+,26-/m1/s1. The fourth-order valence-corrected chi connectivity index (χ4v) is 6.19. The molecule has 7 nitrogen and oxygen atoms in total. The number of hydrogen-bond acceptors (Lipinski definition) is 5. The second kappa shape index (κ2) is 10.7. The van der Waals surface area contributed by atoms with E-state index in [1.807, 2.05) is 0 Å². The highest BCUT2D eigenvalue weighted by molar-refractivity contribution is 5.98. The third kappa shape index (κ3) is 5.79. The molecule has 3 fully saturated rings. The maximum Gasteiger partial charge on any atom is 0.255 e. The molecule has 0 radical (unpaired) electrons. The molecule has 4 atom stereocenters. The van der Waals surface area contributed by atoms with Crippen LogP contribution in [-0.4, -0.2) is 37.6 Å². The van der Waals surface area contributed by atoms with Crippen LogP contribution in [0.3, 0.4) is 0 Å². The minimum absolute atomic E-state index is 0.00531. The highest BCUT2D eigenvalue weighted by atomic mass is 16.5. The summed E-state index contributed by atoms with van der Waals surface area (Å²) in [6, 6.07) is 5.21. The van der Waals surface area contributed by atoms with Crippen molar-refractivity contribution in [3.05, 3.63) is 23.3 Å². The van der Waals surface area contributed by atoms with E-state index < -0.39 is 0 Å². The van der Waals surface area contributed by atoms with Gasteiger partial charge in [0.25, 0.3) is 5.91 Å². The van der Waals surface area contributed by atoms with E-state index in [1.54, 1.807) is 12.1 Å². The highest BCUT2D eigenvalue weighted by Crippen LogP contribution is 2.49.